The van der Waals surface area contributed by atoms with Crippen molar-refractivity contribution >= 4 is 17.3 Å². The Kier molecular flexibility index (Phi) is 3.24. The van der Waals surface area contributed by atoms with Crippen LogP contribution in [0, 0.1) is 6.92 Å². The topological polar surface area (TPSA) is 80.3 Å². The van der Waals surface area contributed by atoms with E-state index in [1.807, 2.05) is 36.7 Å². The number of imidazole rings is 1. The maximum atomic E-state index is 5.04. The lowest BCUT2D eigenvalue weighted by Gasteiger charge is -2.09. The molecule has 0 spiro atoms. The minimum atomic E-state index is 0.544. The summed E-state index contributed by atoms with van der Waals surface area (Å²) in [6, 6.07) is 1.89. The number of aryl methyl sites for hydroxylation is 1. The number of fused-ring (bicyclic) bond motifs is 1. The van der Waals surface area contributed by atoms with Crippen LogP contribution in [0.3, 0.4) is 0 Å². The number of hydrogen-bond acceptors (Lipinski definition) is 6. The van der Waals surface area contributed by atoms with Crippen LogP contribution in [0.25, 0.3) is 5.65 Å². The van der Waals surface area contributed by atoms with Gasteiger partial charge in [0.05, 0.1) is 12.7 Å². The average Bonchev–Trinajstić information content (AvgIpc) is 3.05. The van der Waals surface area contributed by atoms with Gasteiger partial charge in [-0.25, -0.2) is 9.97 Å². The second-order valence-electron chi connectivity index (χ2n) is 4.45. The summed E-state index contributed by atoms with van der Waals surface area (Å²) in [6.45, 7) is 5.26. The molecule has 3 rings (SSSR count). The fourth-order valence-corrected chi connectivity index (χ4v) is 1.99. The summed E-state index contributed by atoms with van der Waals surface area (Å²) in [5.41, 5.74) is 1.62. The first kappa shape index (κ1) is 12.5. The third-order valence-corrected chi connectivity index (χ3v) is 2.85. The van der Waals surface area contributed by atoms with Crippen LogP contribution in [0.15, 0.2) is 29.2 Å². The van der Waals surface area contributed by atoms with Gasteiger partial charge in [0, 0.05) is 25.0 Å². The van der Waals surface area contributed by atoms with Crippen LogP contribution in [0.5, 0.6) is 0 Å². The highest BCUT2D eigenvalue weighted by Crippen LogP contribution is 2.17. The standard InChI is InChI=1S/C13H16N6O/c1-3-14-11-8-19-5-4-15-13(19)12(17-11)16-7-10-6-9(2)20-18-10/h4-6,8,14H,3,7H2,1-2H3,(H,16,17). The van der Waals surface area contributed by atoms with Gasteiger partial charge in [0.15, 0.2) is 11.5 Å². The molecule has 0 fully saturated rings. The van der Waals surface area contributed by atoms with Crippen molar-refractivity contribution in [2.45, 2.75) is 20.4 Å². The van der Waals surface area contributed by atoms with Crippen LogP contribution in [-0.2, 0) is 6.54 Å². The molecule has 20 heavy (non-hydrogen) atoms. The molecule has 0 aliphatic heterocycles. The fourth-order valence-electron chi connectivity index (χ4n) is 1.99. The highest BCUT2D eigenvalue weighted by atomic mass is 16.5. The molecule has 2 N–H and O–H groups in total. The minimum absolute atomic E-state index is 0.544. The molecule has 0 atom stereocenters. The zero-order chi connectivity index (χ0) is 13.9. The Hall–Kier alpha value is -2.57. The number of nitrogens with zero attached hydrogens (tertiary/aromatic N) is 4. The molecule has 0 saturated carbocycles. The molecule has 3 aromatic heterocycles. The predicted molar refractivity (Wildman–Crippen MR) is 75.7 cm³/mol. The van der Waals surface area contributed by atoms with Crippen LogP contribution >= 0.6 is 0 Å². The monoisotopic (exact) mass is 272 g/mol. The molecule has 0 bridgehead atoms. The van der Waals surface area contributed by atoms with Gasteiger partial charge in [0.25, 0.3) is 0 Å². The maximum absolute atomic E-state index is 5.04. The Morgan fingerprint density at radius 1 is 1.35 bits per heavy atom. The largest absolute Gasteiger partial charge is 0.369 e. The second-order valence-corrected chi connectivity index (χ2v) is 4.45. The van der Waals surface area contributed by atoms with Gasteiger partial charge < -0.3 is 19.6 Å². The third kappa shape index (κ3) is 2.42. The van der Waals surface area contributed by atoms with E-state index in [4.69, 9.17) is 4.52 Å². The Balaban J connectivity index is 1.87. The number of anilines is 2. The van der Waals surface area contributed by atoms with Crippen LogP contribution < -0.4 is 10.6 Å². The number of rotatable bonds is 5. The highest BCUT2D eigenvalue weighted by Gasteiger charge is 2.08. The molecule has 0 aliphatic rings. The number of hydrogen-bond donors (Lipinski definition) is 2. The minimum Gasteiger partial charge on any atom is -0.369 e. The second kappa shape index (κ2) is 5.20. The molecule has 3 heterocycles. The molecule has 0 radical (unpaired) electrons. The molecule has 0 saturated heterocycles. The third-order valence-electron chi connectivity index (χ3n) is 2.85. The zero-order valence-electron chi connectivity index (χ0n) is 11.4. The van der Waals surface area contributed by atoms with Gasteiger partial charge in [0.1, 0.15) is 17.3 Å². The normalized spacial score (nSPS) is 10.9. The van der Waals surface area contributed by atoms with Crippen molar-refractivity contribution < 1.29 is 4.52 Å². The van der Waals surface area contributed by atoms with Crippen molar-refractivity contribution in [2.24, 2.45) is 0 Å². The van der Waals surface area contributed by atoms with E-state index in [0.29, 0.717) is 12.4 Å². The summed E-state index contributed by atoms with van der Waals surface area (Å²) in [7, 11) is 0. The lowest BCUT2D eigenvalue weighted by molar-refractivity contribution is 0.391. The van der Waals surface area contributed by atoms with Crippen molar-refractivity contribution in [1.82, 2.24) is 19.5 Å². The molecule has 0 unspecified atom stereocenters. The Morgan fingerprint density at radius 3 is 3.00 bits per heavy atom. The summed E-state index contributed by atoms with van der Waals surface area (Å²) in [6.07, 6.45) is 5.55. The summed E-state index contributed by atoms with van der Waals surface area (Å²) >= 11 is 0. The first-order valence-electron chi connectivity index (χ1n) is 6.50. The molecule has 7 nitrogen and oxygen atoms in total. The van der Waals surface area contributed by atoms with E-state index in [-0.39, 0.29) is 0 Å². The summed E-state index contributed by atoms with van der Waals surface area (Å²) in [5.74, 6) is 2.31. The van der Waals surface area contributed by atoms with Gasteiger partial charge in [-0.3, -0.25) is 0 Å². The van der Waals surface area contributed by atoms with Crippen molar-refractivity contribution in [3.8, 4) is 0 Å². The van der Waals surface area contributed by atoms with E-state index in [2.05, 4.69) is 25.8 Å². The first-order valence-corrected chi connectivity index (χ1v) is 6.50. The molecule has 104 valence electrons. The quantitative estimate of drug-likeness (QED) is 0.740. The lowest BCUT2D eigenvalue weighted by atomic mass is 10.4. The molecule has 0 aliphatic carbocycles. The van der Waals surface area contributed by atoms with Gasteiger partial charge in [0.2, 0.25) is 0 Å². The molecular formula is C13H16N6O. The smallest absolute Gasteiger partial charge is 0.180 e. The van der Waals surface area contributed by atoms with E-state index in [1.54, 1.807) is 6.20 Å². The van der Waals surface area contributed by atoms with Crippen LogP contribution in [0.4, 0.5) is 11.6 Å². The van der Waals surface area contributed by atoms with Crippen molar-refractivity contribution in [3.05, 3.63) is 36.1 Å². The molecule has 3 aromatic rings. The summed E-state index contributed by atoms with van der Waals surface area (Å²) < 4.78 is 6.98. The number of nitrogens with one attached hydrogen (secondary N) is 2. The van der Waals surface area contributed by atoms with Crippen LogP contribution in [0.2, 0.25) is 0 Å². The molecule has 7 heteroatoms. The van der Waals surface area contributed by atoms with Gasteiger partial charge in [-0.1, -0.05) is 5.16 Å². The Bertz CT molecular complexity index is 717. The van der Waals surface area contributed by atoms with Gasteiger partial charge in [-0.2, -0.15) is 0 Å². The maximum Gasteiger partial charge on any atom is 0.180 e. The van der Waals surface area contributed by atoms with Crippen molar-refractivity contribution in [2.75, 3.05) is 17.2 Å². The van der Waals surface area contributed by atoms with E-state index in [1.165, 1.54) is 0 Å². The fraction of sp³-hybridized carbons (Fsp3) is 0.308. The van der Waals surface area contributed by atoms with Gasteiger partial charge in [-0.05, 0) is 13.8 Å². The van der Waals surface area contributed by atoms with Gasteiger partial charge >= 0.3 is 0 Å². The Labute approximate surface area is 116 Å². The first-order chi connectivity index (χ1) is 9.76. The van der Waals surface area contributed by atoms with Crippen molar-refractivity contribution in [3.63, 3.8) is 0 Å². The molecule has 0 amide bonds. The predicted octanol–water partition coefficient (Wildman–Crippen LogP) is 2.07. The van der Waals surface area contributed by atoms with Crippen LogP contribution in [-0.4, -0.2) is 26.1 Å². The van der Waals surface area contributed by atoms with Gasteiger partial charge in [-0.15, -0.1) is 0 Å². The van der Waals surface area contributed by atoms with E-state index < -0.39 is 0 Å². The van der Waals surface area contributed by atoms with E-state index in [9.17, 15) is 0 Å². The SMILES string of the molecule is CCNc1cn2ccnc2c(NCc2cc(C)on2)n1. The average molecular weight is 272 g/mol. The molecular weight excluding hydrogens is 256 g/mol. The lowest BCUT2D eigenvalue weighted by Crippen LogP contribution is -2.07. The summed E-state index contributed by atoms with van der Waals surface area (Å²) in [4.78, 5) is 8.82. The zero-order valence-corrected chi connectivity index (χ0v) is 11.4. The Morgan fingerprint density at radius 2 is 2.25 bits per heavy atom. The number of aromatic nitrogens is 4. The molecule has 0 aromatic carbocycles. The highest BCUT2D eigenvalue weighted by molar-refractivity contribution is 5.65. The van der Waals surface area contributed by atoms with E-state index >= 15 is 0 Å². The van der Waals surface area contributed by atoms with Crippen molar-refractivity contribution in [1.29, 1.82) is 0 Å². The van der Waals surface area contributed by atoms with Crippen LogP contribution in [0.1, 0.15) is 18.4 Å². The summed E-state index contributed by atoms with van der Waals surface area (Å²) in [5, 5.41) is 10.4. The van der Waals surface area contributed by atoms with E-state index in [0.717, 1.165) is 29.5 Å².